The Morgan fingerprint density at radius 2 is 2.30 bits per heavy atom. The lowest BCUT2D eigenvalue weighted by molar-refractivity contribution is 0.0911. The Morgan fingerprint density at radius 3 is 3.00 bits per heavy atom. The second kappa shape index (κ2) is 5.97. The van der Waals surface area contributed by atoms with Gasteiger partial charge in [0.25, 0.3) is 0 Å². The summed E-state index contributed by atoms with van der Waals surface area (Å²) in [6.45, 7) is 6.06. The van der Waals surface area contributed by atoms with Crippen molar-refractivity contribution in [3.05, 3.63) is 18.3 Å². The van der Waals surface area contributed by atoms with Crippen molar-refractivity contribution in [1.29, 1.82) is 0 Å². The summed E-state index contributed by atoms with van der Waals surface area (Å²) in [6.07, 6.45) is 1.38. The number of nitrogens with zero attached hydrogens (tertiary/aromatic N) is 2. The van der Waals surface area contributed by atoms with Gasteiger partial charge in [-0.05, 0) is 32.9 Å². The van der Waals surface area contributed by atoms with Gasteiger partial charge >= 0.3 is 0 Å². The van der Waals surface area contributed by atoms with Crippen LogP contribution in [-0.2, 0) is 14.8 Å². The third kappa shape index (κ3) is 3.40. The third-order valence-corrected chi connectivity index (χ3v) is 4.58. The van der Waals surface area contributed by atoms with Gasteiger partial charge in [0.05, 0.1) is 25.0 Å². The summed E-state index contributed by atoms with van der Waals surface area (Å²) in [6, 6.07) is 3.40. The maximum absolute atomic E-state index is 12.4. The Kier molecular flexibility index (Phi) is 4.49. The summed E-state index contributed by atoms with van der Waals surface area (Å²) in [4.78, 5) is 4.08. The first-order chi connectivity index (χ1) is 9.40. The van der Waals surface area contributed by atoms with E-state index in [1.165, 1.54) is 4.31 Å². The SMILES string of the molecule is CC(C)OCCS(=O)(=O)N1CC(C)Oc2ncccc21. The molecule has 6 nitrogen and oxygen atoms in total. The summed E-state index contributed by atoms with van der Waals surface area (Å²) in [7, 11) is -3.44. The lowest BCUT2D eigenvalue weighted by Crippen LogP contribution is -2.44. The molecule has 0 aliphatic carbocycles. The molecule has 0 saturated carbocycles. The van der Waals surface area contributed by atoms with Crippen molar-refractivity contribution in [3.8, 4) is 5.88 Å². The fraction of sp³-hybridized carbons (Fsp3) is 0.615. The molecule has 1 aromatic rings. The molecule has 0 amide bonds. The number of hydrogen-bond donors (Lipinski definition) is 0. The smallest absolute Gasteiger partial charge is 0.238 e. The van der Waals surface area contributed by atoms with Crippen LogP contribution in [0.15, 0.2) is 18.3 Å². The standard InChI is InChI=1S/C13H20N2O4S/c1-10(2)18-7-8-20(16,17)15-9-11(3)19-13-12(15)5-4-6-14-13/h4-6,10-11H,7-9H2,1-3H3. The van der Waals surface area contributed by atoms with Crippen LogP contribution in [0.3, 0.4) is 0 Å². The first kappa shape index (κ1) is 15.1. The lowest BCUT2D eigenvalue weighted by atomic mass is 10.3. The number of sulfonamides is 1. The van der Waals surface area contributed by atoms with Crippen LogP contribution in [0.1, 0.15) is 20.8 Å². The van der Waals surface area contributed by atoms with Crippen molar-refractivity contribution >= 4 is 15.7 Å². The number of anilines is 1. The van der Waals surface area contributed by atoms with Crippen LogP contribution in [0, 0.1) is 0 Å². The molecule has 0 N–H and O–H groups in total. The molecule has 2 heterocycles. The minimum atomic E-state index is -3.44. The second-order valence-corrected chi connectivity index (χ2v) is 7.04. The lowest BCUT2D eigenvalue weighted by Gasteiger charge is -2.33. The summed E-state index contributed by atoms with van der Waals surface area (Å²) in [5.41, 5.74) is 0.496. The molecule has 1 atom stereocenters. The maximum Gasteiger partial charge on any atom is 0.238 e. The quantitative estimate of drug-likeness (QED) is 0.822. The van der Waals surface area contributed by atoms with E-state index in [1.54, 1.807) is 18.3 Å². The number of ether oxygens (including phenoxy) is 2. The van der Waals surface area contributed by atoms with E-state index in [9.17, 15) is 8.42 Å². The molecule has 1 aliphatic rings. The Labute approximate surface area is 119 Å². The zero-order valence-corrected chi connectivity index (χ0v) is 12.8. The van der Waals surface area contributed by atoms with Gasteiger partial charge in [-0.1, -0.05) is 0 Å². The van der Waals surface area contributed by atoms with E-state index in [0.717, 1.165) is 0 Å². The van der Waals surface area contributed by atoms with Gasteiger partial charge in [0.1, 0.15) is 11.8 Å². The van der Waals surface area contributed by atoms with Crippen LogP contribution < -0.4 is 9.04 Å². The molecule has 0 radical (unpaired) electrons. The molecule has 7 heteroatoms. The van der Waals surface area contributed by atoms with Crippen molar-refractivity contribution in [1.82, 2.24) is 4.98 Å². The highest BCUT2D eigenvalue weighted by atomic mass is 32.2. The van der Waals surface area contributed by atoms with Gasteiger partial charge in [-0.2, -0.15) is 0 Å². The van der Waals surface area contributed by atoms with Gasteiger partial charge in [0.2, 0.25) is 15.9 Å². The third-order valence-electron chi connectivity index (χ3n) is 2.88. The van der Waals surface area contributed by atoms with E-state index < -0.39 is 10.0 Å². The molecule has 1 aromatic heterocycles. The van der Waals surface area contributed by atoms with Crippen LogP contribution >= 0.6 is 0 Å². The Hall–Kier alpha value is -1.34. The van der Waals surface area contributed by atoms with Crippen LogP contribution in [0.4, 0.5) is 5.69 Å². The molecular weight excluding hydrogens is 280 g/mol. The number of rotatable bonds is 5. The van der Waals surface area contributed by atoms with Gasteiger partial charge < -0.3 is 9.47 Å². The van der Waals surface area contributed by atoms with Crippen molar-refractivity contribution in [2.75, 3.05) is 23.2 Å². The molecule has 0 fully saturated rings. The molecule has 20 heavy (non-hydrogen) atoms. The van der Waals surface area contributed by atoms with Crippen molar-refractivity contribution in [3.63, 3.8) is 0 Å². The first-order valence-electron chi connectivity index (χ1n) is 6.64. The van der Waals surface area contributed by atoms with Gasteiger partial charge in [0, 0.05) is 6.20 Å². The summed E-state index contributed by atoms with van der Waals surface area (Å²) in [5.74, 6) is 0.311. The zero-order valence-electron chi connectivity index (χ0n) is 11.9. The highest BCUT2D eigenvalue weighted by molar-refractivity contribution is 7.92. The molecule has 0 aromatic carbocycles. The van der Waals surface area contributed by atoms with Crippen molar-refractivity contribution in [2.45, 2.75) is 33.0 Å². The van der Waals surface area contributed by atoms with E-state index >= 15 is 0 Å². The van der Waals surface area contributed by atoms with Crippen molar-refractivity contribution < 1.29 is 17.9 Å². The Balaban J connectivity index is 2.19. The van der Waals surface area contributed by atoms with Crippen molar-refractivity contribution in [2.24, 2.45) is 0 Å². The van der Waals surface area contributed by atoms with E-state index in [0.29, 0.717) is 18.1 Å². The largest absolute Gasteiger partial charge is 0.471 e. The van der Waals surface area contributed by atoms with E-state index in [1.807, 2.05) is 20.8 Å². The number of aromatic nitrogens is 1. The first-order valence-corrected chi connectivity index (χ1v) is 8.25. The predicted octanol–water partition coefficient (Wildman–Crippen LogP) is 1.42. The predicted molar refractivity (Wildman–Crippen MR) is 76.5 cm³/mol. The summed E-state index contributed by atoms with van der Waals surface area (Å²) >= 11 is 0. The number of fused-ring (bicyclic) bond motifs is 1. The van der Waals surface area contributed by atoms with Gasteiger partial charge in [-0.25, -0.2) is 13.4 Å². The normalized spacial score (nSPS) is 18.8. The van der Waals surface area contributed by atoms with Gasteiger partial charge in [-0.3, -0.25) is 4.31 Å². The highest BCUT2D eigenvalue weighted by Crippen LogP contribution is 2.32. The molecule has 0 bridgehead atoms. The number of pyridine rings is 1. The summed E-state index contributed by atoms with van der Waals surface area (Å²) < 4.78 is 37.1. The van der Waals surface area contributed by atoms with Crippen LogP contribution in [0.25, 0.3) is 0 Å². The van der Waals surface area contributed by atoms with E-state index in [4.69, 9.17) is 9.47 Å². The Morgan fingerprint density at radius 1 is 1.55 bits per heavy atom. The fourth-order valence-electron chi connectivity index (χ4n) is 1.99. The fourth-order valence-corrected chi connectivity index (χ4v) is 3.39. The van der Waals surface area contributed by atoms with Crippen LogP contribution in [0.5, 0.6) is 5.88 Å². The average Bonchev–Trinajstić information content (AvgIpc) is 2.37. The molecule has 1 aliphatic heterocycles. The molecule has 112 valence electrons. The average molecular weight is 300 g/mol. The summed E-state index contributed by atoms with van der Waals surface area (Å²) in [5, 5.41) is 0. The minimum Gasteiger partial charge on any atom is -0.471 e. The van der Waals surface area contributed by atoms with Gasteiger partial charge in [-0.15, -0.1) is 0 Å². The number of hydrogen-bond acceptors (Lipinski definition) is 5. The molecule has 2 rings (SSSR count). The molecule has 0 spiro atoms. The van der Waals surface area contributed by atoms with Crippen LogP contribution in [-0.4, -0.2) is 44.5 Å². The zero-order chi connectivity index (χ0) is 14.8. The topological polar surface area (TPSA) is 68.7 Å². The highest BCUT2D eigenvalue weighted by Gasteiger charge is 2.32. The maximum atomic E-state index is 12.4. The Bertz CT molecular complexity index is 559. The second-order valence-electron chi connectivity index (χ2n) is 5.02. The van der Waals surface area contributed by atoms with E-state index in [-0.39, 0.29) is 24.6 Å². The van der Waals surface area contributed by atoms with Crippen LogP contribution in [0.2, 0.25) is 0 Å². The molecular formula is C13H20N2O4S. The minimum absolute atomic E-state index is 0.0164. The monoisotopic (exact) mass is 300 g/mol. The molecule has 0 saturated heterocycles. The molecule has 1 unspecified atom stereocenters. The van der Waals surface area contributed by atoms with E-state index in [2.05, 4.69) is 4.98 Å². The van der Waals surface area contributed by atoms with Gasteiger partial charge in [0.15, 0.2) is 0 Å².